The second-order valence-corrected chi connectivity index (χ2v) is 6.01. The first-order chi connectivity index (χ1) is 6.79. The molecular formula is C11H23NOSi. The van der Waals surface area contributed by atoms with Crippen LogP contribution < -0.4 is 0 Å². The molecule has 0 aromatic heterocycles. The maximum absolute atomic E-state index is 6.07. The van der Waals surface area contributed by atoms with Crippen LogP contribution in [0.4, 0.5) is 0 Å². The van der Waals surface area contributed by atoms with Crippen molar-refractivity contribution in [2.24, 2.45) is 0 Å². The first-order valence-electron chi connectivity index (χ1n) is 5.79. The quantitative estimate of drug-likeness (QED) is 0.642. The number of nitrogens with zero attached hydrogens (tertiary/aromatic N) is 1. The average Bonchev–Trinajstić information content (AvgIpc) is 2.21. The second kappa shape index (κ2) is 5.68. The van der Waals surface area contributed by atoms with Crippen LogP contribution in [0.5, 0.6) is 0 Å². The number of hydrogen-bond donors (Lipinski definition) is 0. The molecule has 1 saturated heterocycles. The van der Waals surface area contributed by atoms with Gasteiger partial charge in [0.15, 0.2) is 0 Å². The molecule has 0 bridgehead atoms. The minimum atomic E-state index is -0.333. The topological polar surface area (TPSA) is 12.5 Å². The normalized spacial score (nSPS) is 28.8. The van der Waals surface area contributed by atoms with Gasteiger partial charge < -0.3 is 4.74 Å². The van der Waals surface area contributed by atoms with Crippen LogP contribution >= 0.6 is 0 Å². The van der Waals surface area contributed by atoms with E-state index in [2.05, 4.69) is 31.0 Å². The van der Waals surface area contributed by atoms with Crippen LogP contribution in [0.1, 0.15) is 33.1 Å². The Bertz CT molecular complexity index is 174. The van der Waals surface area contributed by atoms with Crippen LogP contribution in [0.15, 0.2) is 12.3 Å². The van der Waals surface area contributed by atoms with E-state index < -0.39 is 0 Å². The fourth-order valence-corrected chi connectivity index (χ4v) is 4.28. The van der Waals surface area contributed by atoms with Gasteiger partial charge in [0, 0.05) is 6.61 Å². The summed E-state index contributed by atoms with van der Waals surface area (Å²) in [6.45, 7) is 11.5. The predicted molar refractivity (Wildman–Crippen MR) is 64.2 cm³/mol. The van der Waals surface area contributed by atoms with Crippen LogP contribution in [-0.4, -0.2) is 39.5 Å². The molecular weight excluding hydrogens is 190 g/mol. The van der Waals surface area contributed by atoms with Gasteiger partial charge in [0.25, 0.3) is 0 Å². The molecule has 1 atom stereocenters. The summed E-state index contributed by atoms with van der Waals surface area (Å²) in [5.41, 5.74) is 2.13. The highest BCUT2D eigenvalue weighted by Crippen LogP contribution is 2.27. The minimum Gasteiger partial charge on any atom is -0.364 e. The van der Waals surface area contributed by atoms with Gasteiger partial charge in [0.2, 0.25) is 0 Å². The zero-order valence-electron chi connectivity index (χ0n) is 9.59. The highest BCUT2D eigenvalue weighted by Gasteiger charge is 2.36. The van der Waals surface area contributed by atoms with Crippen molar-refractivity contribution in [2.45, 2.75) is 38.5 Å². The number of hydrogen-bond acceptors (Lipinski definition) is 2. The monoisotopic (exact) mass is 213 g/mol. The lowest BCUT2D eigenvalue weighted by molar-refractivity contribution is -0.119. The highest BCUT2D eigenvalue weighted by molar-refractivity contribution is 6.45. The molecule has 0 N–H and O–H groups in total. The zero-order chi connectivity index (χ0) is 10.4. The molecule has 1 rings (SSSR count). The molecule has 1 heterocycles. The van der Waals surface area contributed by atoms with E-state index in [0.29, 0.717) is 0 Å². The molecule has 1 aliphatic heterocycles. The maximum Gasteiger partial charge on any atom is 0.105 e. The third kappa shape index (κ3) is 2.46. The minimum absolute atomic E-state index is 0.101. The molecule has 2 nitrogen and oxygen atoms in total. The van der Waals surface area contributed by atoms with Crippen molar-refractivity contribution in [1.82, 2.24) is 4.90 Å². The molecule has 0 aromatic carbocycles. The summed E-state index contributed by atoms with van der Waals surface area (Å²) in [5.74, 6) is 0. The van der Waals surface area contributed by atoms with Crippen LogP contribution in [0, 0.1) is 0 Å². The highest BCUT2D eigenvalue weighted by atomic mass is 28.2. The van der Waals surface area contributed by atoms with E-state index in [9.17, 15) is 0 Å². The van der Waals surface area contributed by atoms with Crippen LogP contribution in [0.2, 0.25) is 0 Å². The number of ether oxygens (including phenoxy) is 1. The van der Waals surface area contributed by atoms with Crippen molar-refractivity contribution < 1.29 is 4.74 Å². The van der Waals surface area contributed by atoms with Crippen molar-refractivity contribution >= 4 is 9.52 Å². The Hall–Kier alpha value is -0.123. The summed E-state index contributed by atoms with van der Waals surface area (Å²) in [6, 6.07) is 0. The van der Waals surface area contributed by atoms with Gasteiger partial charge in [-0.3, -0.25) is 4.90 Å². The summed E-state index contributed by atoms with van der Waals surface area (Å²) in [5, 5.41) is 0.101. The third-order valence-corrected chi connectivity index (χ3v) is 5.07. The molecule has 0 radical (unpaired) electrons. The lowest BCUT2D eigenvalue weighted by Gasteiger charge is -2.45. The SMILES string of the molecule is C=C[SiH2]C1(N(CC)CC)CCCCO1. The lowest BCUT2D eigenvalue weighted by Crippen LogP contribution is -2.56. The zero-order valence-corrected chi connectivity index (χ0v) is 11.0. The second-order valence-electron chi connectivity index (χ2n) is 3.92. The fourth-order valence-electron chi connectivity index (χ4n) is 2.40. The van der Waals surface area contributed by atoms with Gasteiger partial charge >= 0.3 is 0 Å². The van der Waals surface area contributed by atoms with Gasteiger partial charge in [0.1, 0.15) is 14.9 Å². The van der Waals surface area contributed by atoms with Gasteiger partial charge in [-0.15, -0.1) is 12.3 Å². The van der Waals surface area contributed by atoms with Crippen molar-refractivity contribution in [2.75, 3.05) is 19.7 Å². The summed E-state index contributed by atoms with van der Waals surface area (Å²) in [4.78, 5) is 2.49. The van der Waals surface area contributed by atoms with E-state index >= 15 is 0 Å². The molecule has 0 amide bonds. The van der Waals surface area contributed by atoms with Crippen LogP contribution in [-0.2, 0) is 4.74 Å². The first kappa shape index (κ1) is 11.9. The summed E-state index contributed by atoms with van der Waals surface area (Å²) in [7, 11) is -0.333. The van der Waals surface area contributed by atoms with E-state index in [1.54, 1.807) is 0 Å². The molecule has 3 heteroatoms. The number of rotatable bonds is 5. The molecule has 0 saturated carbocycles. The van der Waals surface area contributed by atoms with Gasteiger partial charge in [0.05, 0.1) is 0 Å². The molecule has 0 spiro atoms. The average molecular weight is 213 g/mol. The molecule has 0 aromatic rings. The van der Waals surface area contributed by atoms with Crippen molar-refractivity contribution in [3.63, 3.8) is 0 Å². The van der Waals surface area contributed by atoms with Crippen LogP contribution in [0.25, 0.3) is 0 Å². The van der Waals surface area contributed by atoms with E-state index in [-0.39, 0.29) is 14.9 Å². The van der Waals surface area contributed by atoms with Crippen molar-refractivity contribution in [3.05, 3.63) is 12.3 Å². The maximum atomic E-state index is 6.07. The Morgan fingerprint density at radius 2 is 2.14 bits per heavy atom. The summed E-state index contributed by atoms with van der Waals surface area (Å²) in [6.07, 6.45) is 3.76. The first-order valence-corrected chi connectivity index (χ1v) is 7.31. The molecule has 82 valence electrons. The Kier molecular flexibility index (Phi) is 4.85. The smallest absolute Gasteiger partial charge is 0.105 e. The molecule has 14 heavy (non-hydrogen) atoms. The Balaban J connectivity index is 2.71. The van der Waals surface area contributed by atoms with Crippen molar-refractivity contribution in [1.29, 1.82) is 0 Å². The lowest BCUT2D eigenvalue weighted by atomic mass is 10.1. The van der Waals surface area contributed by atoms with E-state index in [1.165, 1.54) is 19.3 Å². The third-order valence-electron chi connectivity index (χ3n) is 3.14. The van der Waals surface area contributed by atoms with E-state index in [0.717, 1.165) is 19.7 Å². The largest absolute Gasteiger partial charge is 0.364 e. The molecule has 1 aliphatic rings. The summed E-state index contributed by atoms with van der Waals surface area (Å²) >= 11 is 0. The van der Waals surface area contributed by atoms with Crippen LogP contribution in [0.3, 0.4) is 0 Å². The van der Waals surface area contributed by atoms with Gasteiger partial charge in [-0.05, 0) is 32.4 Å². The van der Waals surface area contributed by atoms with Gasteiger partial charge in [-0.25, -0.2) is 0 Å². The fraction of sp³-hybridized carbons (Fsp3) is 0.818. The standard InChI is InChI=1S/C11H23NOSi/c1-4-12(5-2)11(14-6-3)9-7-8-10-13-11/h6H,3-5,7-10,14H2,1-2H3. The predicted octanol–water partition coefficient (Wildman–Crippen LogP) is 1.49. The van der Waals surface area contributed by atoms with E-state index in [4.69, 9.17) is 4.74 Å². The molecule has 1 fully saturated rings. The van der Waals surface area contributed by atoms with Gasteiger partial charge in [-0.2, -0.15) is 0 Å². The summed E-state index contributed by atoms with van der Waals surface area (Å²) < 4.78 is 6.07. The van der Waals surface area contributed by atoms with Crippen molar-refractivity contribution in [3.8, 4) is 0 Å². The Morgan fingerprint density at radius 1 is 1.43 bits per heavy atom. The Morgan fingerprint density at radius 3 is 2.57 bits per heavy atom. The van der Waals surface area contributed by atoms with E-state index in [1.807, 2.05) is 0 Å². The molecule has 0 aliphatic carbocycles. The van der Waals surface area contributed by atoms with Gasteiger partial charge in [-0.1, -0.05) is 13.8 Å². The Labute approximate surface area is 90.1 Å². The molecule has 1 unspecified atom stereocenters.